The normalized spacial score (nSPS) is 11.4. The number of hydrogen-bond donors (Lipinski definition) is 10. The van der Waals surface area contributed by atoms with Gasteiger partial charge in [0, 0.05) is 26.2 Å². The van der Waals surface area contributed by atoms with Gasteiger partial charge >= 0.3 is 28.5 Å². The van der Waals surface area contributed by atoms with Crippen molar-refractivity contribution in [2.45, 2.75) is 51.9 Å². The first-order chi connectivity index (χ1) is 26.1. The van der Waals surface area contributed by atoms with E-state index in [0.717, 1.165) is 74.1 Å². The minimum atomic E-state index is -1.56. The molecular formula is C38H54B4N4O8. The molecule has 0 fully saturated rings. The van der Waals surface area contributed by atoms with Crippen LogP contribution in [-0.2, 0) is 26.2 Å². The molecule has 12 nitrogen and oxygen atoms in total. The third kappa shape index (κ3) is 14.4. The van der Waals surface area contributed by atoms with E-state index in [1.807, 2.05) is 48.5 Å². The summed E-state index contributed by atoms with van der Waals surface area (Å²) >= 11 is 0. The Morgan fingerprint density at radius 1 is 0.370 bits per heavy atom. The summed E-state index contributed by atoms with van der Waals surface area (Å²) in [4.78, 5) is 4.64. The van der Waals surface area contributed by atoms with E-state index in [9.17, 15) is 40.2 Å². The molecule has 0 aromatic heterocycles. The van der Waals surface area contributed by atoms with Crippen LogP contribution in [0, 0.1) is 0 Å². The lowest BCUT2D eigenvalue weighted by atomic mass is 9.77. The Morgan fingerprint density at radius 3 is 0.981 bits per heavy atom. The molecular weight excluding hydrogens is 684 g/mol. The molecule has 0 heterocycles. The summed E-state index contributed by atoms with van der Waals surface area (Å²) in [6.45, 7) is 6.65. The van der Waals surface area contributed by atoms with Crippen LogP contribution >= 0.6 is 0 Å². The second-order valence-electron chi connectivity index (χ2n) is 13.6. The number of nitrogens with one attached hydrogen (secondary N) is 2. The van der Waals surface area contributed by atoms with Crippen molar-refractivity contribution >= 4 is 50.3 Å². The van der Waals surface area contributed by atoms with Gasteiger partial charge in [-0.2, -0.15) is 0 Å². The predicted molar refractivity (Wildman–Crippen MR) is 218 cm³/mol. The van der Waals surface area contributed by atoms with E-state index >= 15 is 0 Å². The van der Waals surface area contributed by atoms with Crippen molar-refractivity contribution < 1.29 is 40.2 Å². The van der Waals surface area contributed by atoms with Crippen LogP contribution in [0.3, 0.4) is 0 Å². The van der Waals surface area contributed by atoms with Crippen molar-refractivity contribution in [3.05, 3.63) is 119 Å². The summed E-state index contributed by atoms with van der Waals surface area (Å²) < 4.78 is 0. The molecule has 16 heteroatoms. The second kappa shape index (κ2) is 23.6. The third-order valence-electron chi connectivity index (χ3n) is 9.61. The summed E-state index contributed by atoms with van der Waals surface area (Å²) in [5.74, 6) is 0. The van der Waals surface area contributed by atoms with Crippen LogP contribution < -0.4 is 32.5 Å². The van der Waals surface area contributed by atoms with Crippen molar-refractivity contribution in [1.29, 1.82) is 0 Å². The molecule has 0 atom stereocenters. The van der Waals surface area contributed by atoms with E-state index in [2.05, 4.69) is 20.4 Å². The lowest BCUT2D eigenvalue weighted by Crippen LogP contribution is -2.38. The van der Waals surface area contributed by atoms with Gasteiger partial charge in [-0.15, -0.1) is 0 Å². The molecule has 286 valence electrons. The van der Waals surface area contributed by atoms with Gasteiger partial charge in [0.1, 0.15) is 0 Å². The number of unbranched alkanes of at least 4 members (excludes halogenated alkanes) is 1. The smallest absolute Gasteiger partial charge is 0.423 e. The van der Waals surface area contributed by atoms with Gasteiger partial charge in [0.25, 0.3) is 0 Å². The average molecular weight is 738 g/mol. The van der Waals surface area contributed by atoms with Crippen LogP contribution in [-0.4, -0.2) is 118 Å². The van der Waals surface area contributed by atoms with E-state index in [1.165, 1.54) is 0 Å². The standard InChI is InChI=1S/C38H54B4N4O8/c47-39(48)35-17-5-1-13-31(35)27-43-21-11-25-45(29-33-15-3-7-19-37(33)41(51)52)23-9-10-24-46(30-34-16-4-8-20-38(34)42(53)54)26-12-22-44-28-32-14-2-6-18-36(32)40(49)50/h1-8,13-20,43-44,47-54H,9-12,21-30H2. The lowest BCUT2D eigenvalue weighted by molar-refractivity contribution is 0.228. The maximum Gasteiger partial charge on any atom is 0.488 e. The molecule has 0 saturated carbocycles. The SMILES string of the molecule is OB(O)c1ccccc1CNCCCN(CCCCN(CCCNCc1ccccc1B(O)O)Cc1ccccc1B(O)O)Cc1ccccc1B(O)O. The number of rotatable bonds is 25. The maximum atomic E-state index is 10.0. The highest BCUT2D eigenvalue weighted by atomic mass is 16.4. The van der Waals surface area contributed by atoms with Gasteiger partial charge in [-0.3, -0.25) is 9.80 Å². The largest absolute Gasteiger partial charge is 0.488 e. The fraction of sp³-hybridized carbons (Fsp3) is 0.368. The highest BCUT2D eigenvalue weighted by Crippen LogP contribution is 2.10. The highest BCUT2D eigenvalue weighted by Gasteiger charge is 2.20. The average Bonchev–Trinajstić information content (AvgIpc) is 3.16. The summed E-state index contributed by atoms with van der Waals surface area (Å²) in [5, 5.41) is 85.7. The van der Waals surface area contributed by atoms with E-state index in [0.29, 0.717) is 61.1 Å². The van der Waals surface area contributed by atoms with Gasteiger partial charge in [-0.25, -0.2) is 0 Å². The first-order valence-corrected chi connectivity index (χ1v) is 18.8. The van der Waals surface area contributed by atoms with Gasteiger partial charge < -0.3 is 50.8 Å². The zero-order valence-corrected chi connectivity index (χ0v) is 30.9. The third-order valence-corrected chi connectivity index (χ3v) is 9.61. The summed E-state index contributed by atoms with van der Waals surface area (Å²) in [6, 6.07) is 29.2. The zero-order valence-electron chi connectivity index (χ0n) is 30.9. The molecule has 4 rings (SSSR count). The molecule has 0 bridgehead atoms. The highest BCUT2D eigenvalue weighted by molar-refractivity contribution is 6.60. The Labute approximate surface area is 320 Å². The zero-order chi connectivity index (χ0) is 38.7. The summed E-state index contributed by atoms with van der Waals surface area (Å²) in [6.07, 6.45) is 3.43. The Hall–Kier alpha value is -3.34. The van der Waals surface area contributed by atoms with Crippen LogP contribution in [0.5, 0.6) is 0 Å². The van der Waals surface area contributed by atoms with Crippen molar-refractivity contribution in [1.82, 2.24) is 20.4 Å². The Balaban J connectivity index is 1.34. The first kappa shape index (κ1) is 43.4. The van der Waals surface area contributed by atoms with Gasteiger partial charge in [0.2, 0.25) is 0 Å². The molecule has 10 N–H and O–H groups in total. The monoisotopic (exact) mass is 738 g/mol. The summed E-state index contributed by atoms with van der Waals surface area (Å²) in [7, 11) is -6.18. The van der Waals surface area contributed by atoms with Crippen LogP contribution in [0.2, 0.25) is 0 Å². The molecule has 0 unspecified atom stereocenters. The number of hydrogen-bond acceptors (Lipinski definition) is 12. The maximum absolute atomic E-state index is 10.0. The number of nitrogens with zero attached hydrogens (tertiary/aromatic N) is 2. The topological polar surface area (TPSA) is 192 Å². The molecule has 0 aliphatic rings. The Morgan fingerprint density at radius 2 is 0.648 bits per heavy atom. The van der Waals surface area contributed by atoms with Crippen LogP contribution in [0.15, 0.2) is 97.1 Å². The molecule has 4 aromatic carbocycles. The second-order valence-corrected chi connectivity index (χ2v) is 13.6. The minimum absolute atomic E-state index is 0.483. The van der Waals surface area contributed by atoms with Crippen LogP contribution in [0.25, 0.3) is 0 Å². The van der Waals surface area contributed by atoms with Gasteiger partial charge in [0.05, 0.1) is 0 Å². The predicted octanol–water partition coefficient (Wildman–Crippen LogP) is -2.15. The Bertz CT molecular complexity index is 1550. The quantitative estimate of drug-likeness (QED) is 0.0263. The molecule has 0 amide bonds. The molecule has 0 spiro atoms. The van der Waals surface area contributed by atoms with Crippen molar-refractivity contribution in [3.8, 4) is 0 Å². The van der Waals surface area contributed by atoms with E-state index in [4.69, 9.17) is 0 Å². The van der Waals surface area contributed by atoms with Crippen molar-refractivity contribution in [3.63, 3.8) is 0 Å². The fourth-order valence-electron chi connectivity index (χ4n) is 6.75. The molecule has 0 aliphatic carbocycles. The molecule has 0 aliphatic heterocycles. The first-order valence-electron chi connectivity index (χ1n) is 18.8. The fourth-order valence-corrected chi connectivity index (χ4v) is 6.75. The van der Waals surface area contributed by atoms with E-state index in [-0.39, 0.29) is 0 Å². The lowest BCUT2D eigenvalue weighted by Gasteiger charge is -2.26. The minimum Gasteiger partial charge on any atom is -0.423 e. The molecule has 0 saturated heterocycles. The number of benzene rings is 4. The summed E-state index contributed by atoms with van der Waals surface area (Å²) in [5.41, 5.74) is 5.32. The molecule has 54 heavy (non-hydrogen) atoms. The molecule has 0 radical (unpaired) electrons. The van der Waals surface area contributed by atoms with Crippen LogP contribution in [0.4, 0.5) is 0 Å². The Kier molecular flexibility index (Phi) is 18.9. The van der Waals surface area contributed by atoms with E-state index in [1.54, 1.807) is 48.5 Å². The van der Waals surface area contributed by atoms with Crippen LogP contribution in [0.1, 0.15) is 47.9 Å². The van der Waals surface area contributed by atoms with Gasteiger partial charge in [-0.1, -0.05) is 97.1 Å². The van der Waals surface area contributed by atoms with Crippen molar-refractivity contribution in [2.75, 3.05) is 39.3 Å². The van der Waals surface area contributed by atoms with E-state index < -0.39 is 28.5 Å². The van der Waals surface area contributed by atoms with Gasteiger partial charge in [-0.05, 0) is 109 Å². The van der Waals surface area contributed by atoms with Gasteiger partial charge in [0.15, 0.2) is 0 Å². The molecule has 4 aromatic rings. The van der Waals surface area contributed by atoms with Crippen molar-refractivity contribution in [2.24, 2.45) is 0 Å².